The Labute approximate surface area is 89.6 Å². The number of hydrogen-bond acceptors (Lipinski definition) is 3. The summed E-state index contributed by atoms with van der Waals surface area (Å²) in [6.07, 6.45) is 1.48. The van der Waals surface area contributed by atoms with E-state index in [1.807, 2.05) is 13.8 Å². The molecule has 15 heavy (non-hydrogen) atoms. The Balaban J connectivity index is 4.53. The Kier molecular flexibility index (Phi) is 5.62. The van der Waals surface area contributed by atoms with Gasteiger partial charge in [-0.15, -0.1) is 6.58 Å². The van der Waals surface area contributed by atoms with Crippen molar-refractivity contribution in [2.45, 2.75) is 19.9 Å². The standard InChI is InChI=1S/C10H18N2O3/c1-4-5-12(6-8(13)14)10(15)9(11)7(2)3/h4,7,9H,1,5-6,11H2,2-3H3,(H,13,14). The Morgan fingerprint density at radius 3 is 2.40 bits per heavy atom. The Morgan fingerprint density at radius 2 is 2.07 bits per heavy atom. The van der Waals surface area contributed by atoms with Crippen molar-refractivity contribution in [3.8, 4) is 0 Å². The van der Waals surface area contributed by atoms with E-state index in [-0.39, 0.29) is 24.9 Å². The van der Waals surface area contributed by atoms with Gasteiger partial charge in [-0.1, -0.05) is 19.9 Å². The molecule has 0 heterocycles. The topological polar surface area (TPSA) is 83.6 Å². The summed E-state index contributed by atoms with van der Waals surface area (Å²) < 4.78 is 0. The van der Waals surface area contributed by atoms with Crippen LogP contribution in [-0.2, 0) is 9.59 Å². The summed E-state index contributed by atoms with van der Waals surface area (Å²) in [5.74, 6) is -1.42. The van der Waals surface area contributed by atoms with Crippen molar-refractivity contribution in [3.05, 3.63) is 12.7 Å². The number of nitrogens with two attached hydrogens (primary N) is 1. The number of amides is 1. The third-order valence-corrected chi connectivity index (χ3v) is 1.99. The third kappa shape index (κ3) is 4.60. The van der Waals surface area contributed by atoms with Gasteiger partial charge in [-0.25, -0.2) is 0 Å². The zero-order valence-electron chi connectivity index (χ0n) is 9.14. The van der Waals surface area contributed by atoms with Crippen LogP contribution in [0.1, 0.15) is 13.8 Å². The lowest BCUT2D eigenvalue weighted by Crippen LogP contribution is -2.48. The average molecular weight is 214 g/mol. The molecule has 3 N–H and O–H groups in total. The molecule has 1 amide bonds. The van der Waals surface area contributed by atoms with E-state index < -0.39 is 12.0 Å². The van der Waals surface area contributed by atoms with Gasteiger partial charge in [-0.2, -0.15) is 0 Å². The highest BCUT2D eigenvalue weighted by molar-refractivity contribution is 5.85. The van der Waals surface area contributed by atoms with E-state index in [1.165, 1.54) is 11.0 Å². The van der Waals surface area contributed by atoms with Crippen LogP contribution in [0.5, 0.6) is 0 Å². The molecule has 86 valence electrons. The van der Waals surface area contributed by atoms with Crippen LogP contribution in [-0.4, -0.2) is 41.0 Å². The summed E-state index contributed by atoms with van der Waals surface area (Å²) >= 11 is 0. The molecule has 0 aromatic heterocycles. The van der Waals surface area contributed by atoms with Gasteiger partial charge in [0.1, 0.15) is 6.54 Å². The van der Waals surface area contributed by atoms with Gasteiger partial charge in [0.15, 0.2) is 0 Å². The summed E-state index contributed by atoms with van der Waals surface area (Å²) in [5, 5.41) is 8.61. The van der Waals surface area contributed by atoms with Crippen molar-refractivity contribution in [2.75, 3.05) is 13.1 Å². The van der Waals surface area contributed by atoms with Crippen molar-refractivity contribution in [1.29, 1.82) is 0 Å². The summed E-state index contributed by atoms with van der Waals surface area (Å²) in [6.45, 7) is 6.95. The van der Waals surface area contributed by atoms with Gasteiger partial charge >= 0.3 is 5.97 Å². The Bertz CT molecular complexity index is 251. The second-order valence-corrected chi connectivity index (χ2v) is 3.67. The molecule has 5 heteroatoms. The zero-order valence-corrected chi connectivity index (χ0v) is 9.14. The number of hydrogen-bond donors (Lipinski definition) is 2. The number of rotatable bonds is 6. The van der Waals surface area contributed by atoms with Crippen LogP contribution in [0, 0.1) is 5.92 Å². The summed E-state index contributed by atoms with van der Waals surface area (Å²) in [6, 6.07) is -0.663. The average Bonchev–Trinajstić information content (AvgIpc) is 2.14. The first-order valence-corrected chi connectivity index (χ1v) is 4.77. The van der Waals surface area contributed by atoms with Crippen molar-refractivity contribution in [2.24, 2.45) is 11.7 Å². The minimum atomic E-state index is -1.05. The smallest absolute Gasteiger partial charge is 0.323 e. The van der Waals surface area contributed by atoms with E-state index in [0.717, 1.165) is 0 Å². The molecule has 0 aromatic carbocycles. The predicted molar refractivity (Wildman–Crippen MR) is 57.2 cm³/mol. The third-order valence-electron chi connectivity index (χ3n) is 1.99. The molecule has 0 aliphatic heterocycles. The molecule has 1 unspecified atom stereocenters. The second-order valence-electron chi connectivity index (χ2n) is 3.67. The molecule has 0 saturated carbocycles. The molecule has 0 radical (unpaired) electrons. The first kappa shape index (κ1) is 13.6. The molecule has 0 aliphatic rings. The highest BCUT2D eigenvalue weighted by Gasteiger charge is 2.24. The molecule has 0 aromatic rings. The Morgan fingerprint density at radius 1 is 1.53 bits per heavy atom. The Hall–Kier alpha value is -1.36. The van der Waals surface area contributed by atoms with Gasteiger partial charge in [-0.3, -0.25) is 9.59 Å². The minimum absolute atomic E-state index is 0.0152. The first-order chi connectivity index (χ1) is 6.90. The van der Waals surface area contributed by atoms with Gasteiger partial charge < -0.3 is 15.7 Å². The fourth-order valence-corrected chi connectivity index (χ4v) is 1.05. The summed E-state index contributed by atoms with van der Waals surface area (Å²) in [7, 11) is 0. The fourth-order valence-electron chi connectivity index (χ4n) is 1.05. The van der Waals surface area contributed by atoms with Crippen LogP contribution in [0.2, 0.25) is 0 Å². The maximum absolute atomic E-state index is 11.7. The maximum Gasteiger partial charge on any atom is 0.323 e. The van der Waals surface area contributed by atoms with Crippen molar-refractivity contribution in [1.82, 2.24) is 4.90 Å². The lowest BCUT2D eigenvalue weighted by molar-refractivity contribution is -0.145. The van der Waals surface area contributed by atoms with E-state index in [0.29, 0.717) is 0 Å². The van der Waals surface area contributed by atoms with E-state index in [2.05, 4.69) is 6.58 Å². The quantitative estimate of drug-likeness (QED) is 0.613. The molecule has 0 fully saturated rings. The number of carboxylic acid groups (broad SMARTS) is 1. The fraction of sp³-hybridized carbons (Fsp3) is 0.600. The van der Waals surface area contributed by atoms with Crippen LogP contribution in [0.3, 0.4) is 0 Å². The molecule has 5 nitrogen and oxygen atoms in total. The van der Waals surface area contributed by atoms with Crippen LogP contribution in [0.25, 0.3) is 0 Å². The highest BCUT2D eigenvalue weighted by Crippen LogP contribution is 2.03. The lowest BCUT2D eigenvalue weighted by Gasteiger charge is -2.24. The first-order valence-electron chi connectivity index (χ1n) is 4.77. The predicted octanol–water partition coefficient (Wildman–Crippen LogP) is 0.0689. The lowest BCUT2D eigenvalue weighted by atomic mass is 10.0. The van der Waals surface area contributed by atoms with E-state index in [1.54, 1.807) is 0 Å². The van der Waals surface area contributed by atoms with Gasteiger partial charge in [0.25, 0.3) is 0 Å². The number of carbonyl (C=O) groups excluding carboxylic acids is 1. The summed E-state index contributed by atoms with van der Waals surface area (Å²) in [5.41, 5.74) is 5.65. The monoisotopic (exact) mass is 214 g/mol. The summed E-state index contributed by atoms with van der Waals surface area (Å²) in [4.78, 5) is 23.4. The molecule has 0 bridgehead atoms. The highest BCUT2D eigenvalue weighted by atomic mass is 16.4. The zero-order chi connectivity index (χ0) is 12.0. The van der Waals surface area contributed by atoms with Crippen molar-refractivity contribution < 1.29 is 14.7 Å². The van der Waals surface area contributed by atoms with Gasteiger partial charge in [0, 0.05) is 6.54 Å². The van der Waals surface area contributed by atoms with Gasteiger partial charge in [0.2, 0.25) is 5.91 Å². The number of carbonyl (C=O) groups is 2. The van der Waals surface area contributed by atoms with E-state index >= 15 is 0 Å². The molecule has 0 rings (SSSR count). The number of nitrogens with zero attached hydrogens (tertiary/aromatic N) is 1. The molecule has 0 saturated heterocycles. The normalized spacial score (nSPS) is 12.3. The van der Waals surface area contributed by atoms with E-state index in [9.17, 15) is 9.59 Å². The SMILES string of the molecule is C=CCN(CC(=O)O)C(=O)C(N)C(C)C. The van der Waals surface area contributed by atoms with Crippen molar-refractivity contribution >= 4 is 11.9 Å². The van der Waals surface area contributed by atoms with Crippen LogP contribution < -0.4 is 5.73 Å². The minimum Gasteiger partial charge on any atom is -0.480 e. The number of aliphatic carboxylic acids is 1. The molecular formula is C10H18N2O3. The molecular weight excluding hydrogens is 196 g/mol. The van der Waals surface area contributed by atoms with Crippen LogP contribution in [0.15, 0.2) is 12.7 Å². The van der Waals surface area contributed by atoms with Gasteiger partial charge in [-0.05, 0) is 5.92 Å². The van der Waals surface area contributed by atoms with Crippen LogP contribution >= 0.6 is 0 Å². The van der Waals surface area contributed by atoms with Crippen molar-refractivity contribution in [3.63, 3.8) is 0 Å². The van der Waals surface area contributed by atoms with E-state index in [4.69, 9.17) is 10.8 Å². The largest absolute Gasteiger partial charge is 0.480 e. The second kappa shape index (κ2) is 6.19. The molecule has 1 atom stereocenters. The maximum atomic E-state index is 11.7. The molecule has 0 spiro atoms. The van der Waals surface area contributed by atoms with Crippen LogP contribution in [0.4, 0.5) is 0 Å². The molecule has 0 aliphatic carbocycles. The number of carboxylic acids is 1. The van der Waals surface area contributed by atoms with Gasteiger partial charge in [0.05, 0.1) is 6.04 Å².